The van der Waals surface area contributed by atoms with Crippen LogP contribution in [0, 0.1) is 0 Å². The van der Waals surface area contributed by atoms with Gasteiger partial charge in [0.05, 0.1) is 36.5 Å². The third-order valence-corrected chi connectivity index (χ3v) is 6.27. The van der Waals surface area contributed by atoms with Gasteiger partial charge in [0, 0.05) is 5.02 Å². The highest BCUT2D eigenvalue weighted by atomic mass is 35.5. The van der Waals surface area contributed by atoms with E-state index >= 15 is 0 Å². The molecule has 0 aromatic heterocycles. The highest BCUT2D eigenvalue weighted by Gasteiger charge is 2.38. The van der Waals surface area contributed by atoms with Crippen LogP contribution in [0.15, 0.2) is 36.4 Å². The lowest BCUT2D eigenvalue weighted by Crippen LogP contribution is -2.57. The summed E-state index contributed by atoms with van der Waals surface area (Å²) in [6.45, 7) is 3.84. The Hall–Kier alpha value is -2.01. The molecule has 11 heteroatoms. The first-order valence-electron chi connectivity index (χ1n) is 11.3. The first-order chi connectivity index (χ1) is 16.6. The van der Waals surface area contributed by atoms with Crippen LogP contribution in [0.2, 0.25) is 5.02 Å². The van der Waals surface area contributed by atoms with E-state index in [1.54, 1.807) is 13.8 Å². The summed E-state index contributed by atoms with van der Waals surface area (Å²) in [6, 6.07) is 6.77. The Morgan fingerprint density at radius 3 is 2.22 bits per heavy atom. The third kappa shape index (κ3) is 7.74. The van der Waals surface area contributed by atoms with Gasteiger partial charge in [-0.15, -0.1) is 0 Å². The number of halogens is 7. The fourth-order valence-corrected chi connectivity index (χ4v) is 3.94. The van der Waals surface area contributed by atoms with Gasteiger partial charge in [-0.1, -0.05) is 17.7 Å². The molecule has 0 saturated carbocycles. The van der Waals surface area contributed by atoms with Crippen molar-refractivity contribution in [1.82, 2.24) is 0 Å². The second-order valence-corrected chi connectivity index (χ2v) is 9.83. The first kappa shape index (κ1) is 28.6. The molecule has 1 saturated heterocycles. The molecule has 0 atom stereocenters. The van der Waals surface area contributed by atoms with Crippen LogP contribution in [0.1, 0.15) is 48.9 Å². The minimum Gasteiger partial charge on any atom is -0.493 e. The predicted octanol–water partition coefficient (Wildman–Crippen LogP) is 6.80. The zero-order chi connectivity index (χ0) is 26.8. The van der Waals surface area contributed by atoms with Gasteiger partial charge in [-0.05, 0) is 81.0 Å². The smallest absolute Gasteiger partial charge is 0.419 e. The second kappa shape index (κ2) is 10.8. The molecule has 2 N–H and O–H groups in total. The number of benzene rings is 2. The highest BCUT2D eigenvalue weighted by Crippen LogP contribution is 2.38. The molecule has 200 valence electrons. The van der Waals surface area contributed by atoms with Crippen molar-refractivity contribution in [2.75, 3.05) is 19.8 Å². The van der Waals surface area contributed by atoms with Crippen LogP contribution in [-0.2, 0) is 34.7 Å². The Morgan fingerprint density at radius 1 is 0.944 bits per heavy atom. The Morgan fingerprint density at radius 2 is 1.61 bits per heavy atom. The summed E-state index contributed by atoms with van der Waals surface area (Å²) in [5.41, 5.74) is 4.38. The number of nitrogens with two attached hydrogens (primary N) is 1. The molecule has 3 rings (SSSR count). The lowest BCUT2D eigenvalue weighted by molar-refractivity contribution is -0.267. The maximum Gasteiger partial charge on any atom is 0.419 e. The molecule has 0 amide bonds. The SMILES string of the molecule is CC1(C)OCC(N)(CCc2ccc(OCCCc3cc(C(F)(F)F)ccc3Cl)c(C(F)(F)F)c2)CO1. The summed E-state index contributed by atoms with van der Waals surface area (Å²) in [5, 5.41) is 0.151. The third-order valence-electron chi connectivity index (χ3n) is 5.90. The van der Waals surface area contributed by atoms with Gasteiger partial charge in [0.15, 0.2) is 5.79 Å². The minimum atomic E-state index is -4.66. The van der Waals surface area contributed by atoms with Crippen molar-refractivity contribution in [3.8, 4) is 5.75 Å². The van der Waals surface area contributed by atoms with Gasteiger partial charge in [-0.2, -0.15) is 26.3 Å². The molecular formula is C25H28ClF6NO3. The lowest BCUT2D eigenvalue weighted by Gasteiger charge is -2.41. The number of aryl methyl sites for hydroxylation is 2. The van der Waals surface area contributed by atoms with Crippen molar-refractivity contribution >= 4 is 11.6 Å². The Bertz CT molecular complexity index is 1050. The Labute approximate surface area is 210 Å². The van der Waals surface area contributed by atoms with Gasteiger partial charge in [-0.25, -0.2) is 0 Å². The van der Waals surface area contributed by atoms with E-state index in [1.807, 2.05) is 0 Å². The molecule has 1 heterocycles. The standard InChI is InChI=1S/C25H28ClF6NO3/c1-22(2)35-14-23(33,15-36-22)10-9-16-5-8-21(19(12-16)25(30,31)32)34-11-3-4-17-13-18(24(27,28)29)6-7-20(17)26/h5-8,12-13H,3-4,9-11,14-15,33H2,1-2H3. The van der Waals surface area contributed by atoms with Crippen molar-refractivity contribution in [3.63, 3.8) is 0 Å². The van der Waals surface area contributed by atoms with Crippen LogP contribution >= 0.6 is 11.6 Å². The van der Waals surface area contributed by atoms with Crippen LogP contribution in [0.4, 0.5) is 26.3 Å². The normalized spacial score (nSPS) is 17.7. The molecule has 2 aromatic carbocycles. The summed E-state index contributed by atoms with van der Waals surface area (Å²) < 4.78 is 96.4. The summed E-state index contributed by atoms with van der Waals surface area (Å²) in [5.74, 6) is -1.10. The summed E-state index contributed by atoms with van der Waals surface area (Å²) in [7, 11) is 0. The topological polar surface area (TPSA) is 53.7 Å². The first-order valence-corrected chi connectivity index (χ1v) is 11.7. The summed E-state index contributed by atoms with van der Waals surface area (Å²) in [6.07, 6.45) is -8.25. The van der Waals surface area contributed by atoms with Crippen molar-refractivity contribution in [1.29, 1.82) is 0 Å². The largest absolute Gasteiger partial charge is 0.493 e. The monoisotopic (exact) mass is 539 g/mol. The number of hydrogen-bond acceptors (Lipinski definition) is 4. The van der Waals surface area contributed by atoms with Gasteiger partial charge >= 0.3 is 12.4 Å². The number of rotatable bonds is 8. The zero-order valence-electron chi connectivity index (χ0n) is 19.9. The molecule has 0 unspecified atom stereocenters. The van der Waals surface area contributed by atoms with E-state index in [9.17, 15) is 26.3 Å². The number of hydrogen-bond donors (Lipinski definition) is 1. The van der Waals surface area contributed by atoms with Crippen LogP contribution in [0.3, 0.4) is 0 Å². The summed E-state index contributed by atoms with van der Waals surface area (Å²) >= 11 is 5.97. The van der Waals surface area contributed by atoms with Crippen LogP contribution < -0.4 is 10.5 Å². The van der Waals surface area contributed by atoms with Gasteiger partial charge < -0.3 is 19.9 Å². The molecule has 1 aliphatic heterocycles. The molecule has 1 aliphatic rings. The van der Waals surface area contributed by atoms with Gasteiger partial charge in [0.2, 0.25) is 0 Å². The average molecular weight is 540 g/mol. The number of alkyl halides is 6. The Kier molecular flexibility index (Phi) is 8.54. The quantitative estimate of drug-likeness (QED) is 0.296. The zero-order valence-corrected chi connectivity index (χ0v) is 20.6. The predicted molar refractivity (Wildman–Crippen MR) is 123 cm³/mol. The Balaban J connectivity index is 1.61. The van der Waals surface area contributed by atoms with E-state index in [4.69, 9.17) is 31.5 Å². The van der Waals surface area contributed by atoms with Crippen LogP contribution in [-0.4, -0.2) is 31.1 Å². The minimum absolute atomic E-state index is 0.113. The van der Waals surface area contributed by atoms with E-state index in [0.717, 1.165) is 24.3 Å². The number of ether oxygens (including phenoxy) is 3. The van der Waals surface area contributed by atoms with Crippen molar-refractivity contribution < 1.29 is 40.6 Å². The molecule has 0 radical (unpaired) electrons. The fourth-order valence-electron chi connectivity index (χ4n) is 3.72. The lowest BCUT2D eigenvalue weighted by atomic mass is 9.92. The van der Waals surface area contributed by atoms with Gasteiger partial charge in [0.1, 0.15) is 5.75 Å². The van der Waals surface area contributed by atoms with E-state index < -0.39 is 34.8 Å². The molecule has 0 bridgehead atoms. The fraction of sp³-hybridized carbons (Fsp3) is 0.520. The van der Waals surface area contributed by atoms with E-state index in [1.165, 1.54) is 12.1 Å². The van der Waals surface area contributed by atoms with Gasteiger partial charge in [0.25, 0.3) is 0 Å². The van der Waals surface area contributed by atoms with E-state index in [2.05, 4.69) is 0 Å². The van der Waals surface area contributed by atoms with Crippen LogP contribution in [0.5, 0.6) is 5.75 Å². The van der Waals surface area contributed by atoms with Crippen molar-refractivity contribution in [3.05, 3.63) is 63.7 Å². The molecule has 2 aromatic rings. The maximum absolute atomic E-state index is 13.7. The summed E-state index contributed by atoms with van der Waals surface area (Å²) in [4.78, 5) is 0. The molecule has 1 fully saturated rings. The molecule has 0 spiro atoms. The molecule has 36 heavy (non-hydrogen) atoms. The second-order valence-electron chi connectivity index (χ2n) is 9.42. The van der Waals surface area contributed by atoms with Crippen molar-refractivity contribution in [2.24, 2.45) is 5.73 Å². The molecule has 4 nitrogen and oxygen atoms in total. The highest BCUT2D eigenvalue weighted by molar-refractivity contribution is 6.31. The van der Waals surface area contributed by atoms with Crippen LogP contribution in [0.25, 0.3) is 0 Å². The van der Waals surface area contributed by atoms with E-state index in [0.29, 0.717) is 12.0 Å². The van der Waals surface area contributed by atoms with E-state index in [-0.39, 0.29) is 55.4 Å². The van der Waals surface area contributed by atoms with Gasteiger partial charge in [-0.3, -0.25) is 0 Å². The molecule has 0 aliphatic carbocycles. The average Bonchev–Trinajstić information content (AvgIpc) is 2.78. The van der Waals surface area contributed by atoms with Crippen molar-refractivity contribution in [2.45, 2.75) is 63.2 Å². The maximum atomic E-state index is 13.7. The molecular weight excluding hydrogens is 512 g/mol.